The van der Waals surface area contributed by atoms with Gasteiger partial charge in [-0.15, -0.1) is 6.58 Å². The van der Waals surface area contributed by atoms with E-state index in [0.29, 0.717) is 25.6 Å². The molecule has 0 unspecified atom stereocenters. The number of piperidine rings is 1. The Morgan fingerprint density at radius 2 is 2.08 bits per heavy atom. The molecule has 2 heterocycles. The number of hydrogen-bond acceptors (Lipinski definition) is 4. The van der Waals surface area contributed by atoms with Crippen molar-refractivity contribution < 1.29 is 13.2 Å². The van der Waals surface area contributed by atoms with Crippen LogP contribution >= 0.6 is 12.2 Å². The predicted molar refractivity (Wildman–Crippen MR) is 92.1 cm³/mol. The SMILES string of the molecule is C=CCNC(=S)Nc1nc(N2CCC(C)CC2)cc(C(F)(F)F)n1. The summed E-state index contributed by atoms with van der Waals surface area (Å²) in [5, 5.41) is 5.52. The first-order valence-corrected chi connectivity index (χ1v) is 8.07. The van der Waals surface area contributed by atoms with Crippen molar-refractivity contribution in [2.24, 2.45) is 5.92 Å². The van der Waals surface area contributed by atoms with Crippen LogP contribution in [-0.4, -0.2) is 34.7 Å². The van der Waals surface area contributed by atoms with Crippen LogP contribution in [0.5, 0.6) is 0 Å². The number of nitrogens with one attached hydrogen (secondary N) is 2. The zero-order valence-corrected chi connectivity index (χ0v) is 14.2. The summed E-state index contributed by atoms with van der Waals surface area (Å²) in [6, 6.07) is 0.987. The molecule has 0 atom stereocenters. The fourth-order valence-corrected chi connectivity index (χ4v) is 2.52. The summed E-state index contributed by atoms with van der Waals surface area (Å²) in [5.41, 5.74) is -0.986. The standard InChI is InChI=1S/C15H20F3N5S/c1-3-6-19-14(24)22-13-20-11(15(16,17)18)9-12(21-13)23-7-4-10(2)5-8-23/h3,9-10H,1,4-8H2,2H3,(H2,19,20,21,22,24). The fraction of sp³-hybridized carbons (Fsp3) is 0.533. The summed E-state index contributed by atoms with van der Waals surface area (Å²) >= 11 is 5.01. The van der Waals surface area contributed by atoms with Crippen molar-refractivity contribution in [1.29, 1.82) is 0 Å². The van der Waals surface area contributed by atoms with E-state index in [2.05, 4.69) is 34.1 Å². The molecule has 9 heteroatoms. The van der Waals surface area contributed by atoms with E-state index in [4.69, 9.17) is 12.2 Å². The van der Waals surface area contributed by atoms with Crippen molar-refractivity contribution in [3.63, 3.8) is 0 Å². The van der Waals surface area contributed by atoms with Crippen molar-refractivity contribution >= 4 is 29.1 Å². The molecule has 1 aliphatic heterocycles. The quantitative estimate of drug-likeness (QED) is 0.636. The number of hydrogen-bond donors (Lipinski definition) is 2. The van der Waals surface area contributed by atoms with Crippen LogP contribution in [0.25, 0.3) is 0 Å². The lowest BCUT2D eigenvalue weighted by Gasteiger charge is -2.31. The molecule has 1 fully saturated rings. The van der Waals surface area contributed by atoms with Gasteiger partial charge in [0.05, 0.1) is 0 Å². The summed E-state index contributed by atoms with van der Waals surface area (Å²) in [7, 11) is 0. The van der Waals surface area contributed by atoms with E-state index in [1.807, 2.05) is 4.90 Å². The summed E-state index contributed by atoms with van der Waals surface area (Å²) in [6.45, 7) is 7.40. The smallest absolute Gasteiger partial charge is 0.359 e. The molecule has 5 nitrogen and oxygen atoms in total. The minimum atomic E-state index is -4.55. The Morgan fingerprint density at radius 3 is 2.67 bits per heavy atom. The third-order valence-corrected chi connectivity index (χ3v) is 3.99. The van der Waals surface area contributed by atoms with Crippen molar-refractivity contribution in [2.75, 3.05) is 29.9 Å². The van der Waals surface area contributed by atoms with Crippen LogP contribution in [0.1, 0.15) is 25.5 Å². The molecule has 0 radical (unpaired) electrons. The van der Waals surface area contributed by atoms with Crippen molar-refractivity contribution in [1.82, 2.24) is 15.3 Å². The Balaban J connectivity index is 2.24. The number of aromatic nitrogens is 2. The number of rotatable bonds is 4. The molecule has 132 valence electrons. The van der Waals surface area contributed by atoms with Gasteiger partial charge in [0.15, 0.2) is 10.8 Å². The van der Waals surface area contributed by atoms with Gasteiger partial charge < -0.3 is 15.5 Å². The Labute approximate surface area is 144 Å². The number of thiocarbonyl (C=S) groups is 1. The molecular weight excluding hydrogens is 339 g/mol. The van der Waals surface area contributed by atoms with Crippen LogP contribution in [0, 0.1) is 5.92 Å². The molecular formula is C15H20F3N5S. The minimum Gasteiger partial charge on any atom is -0.359 e. The van der Waals surface area contributed by atoms with E-state index in [-0.39, 0.29) is 16.9 Å². The zero-order valence-electron chi connectivity index (χ0n) is 13.4. The summed E-state index contributed by atoms with van der Waals surface area (Å²) in [4.78, 5) is 9.58. The first kappa shape index (κ1) is 18.4. The van der Waals surface area contributed by atoms with Gasteiger partial charge in [-0.05, 0) is 31.0 Å². The maximum absolute atomic E-state index is 13.1. The van der Waals surface area contributed by atoms with Crippen molar-refractivity contribution in [2.45, 2.75) is 25.9 Å². The molecule has 2 rings (SSSR count). The molecule has 0 aliphatic carbocycles. The third kappa shape index (κ3) is 5.05. The first-order valence-electron chi connectivity index (χ1n) is 7.66. The lowest BCUT2D eigenvalue weighted by molar-refractivity contribution is -0.141. The highest BCUT2D eigenvalue weighted by Crippen LogP contribution is 2.31. The highest BCUT2D eigenvalue weighted by molar-refractivity contribution is 7.80. The van der Waals surface area contributed by atoms with E-state index >= 15 is 0 Å². The van der Waals surface area contributed by atoms with Gasteiger partial charge in [0.1, 0.15) is 5.82 Å². The van der Waals surface area contributed by atoms with Gasteiger partial charge in [-0.2, -0.15) is 18.2 Å². The van der Waals surface area contributed by atoms with Crippen LogP contribution in [0.2, 0.25) is 0 Å². The molecule has 0 aromatic carbocycles. The molecule has 0 amide bonds. The second-order valence-electron chi connectivity index (χ2n) is 5.73. The number of halogens is 3. The van der Waals surface area contributed by atoms with Crippen molar-refractivity contribution in [3.05, 3.63) is 24.4 Å². The monoisotopic (exact) mass is 359 g/mol. The molecule has 1 aliphatic rings. The first-order chi connectivity index (χ1) is 11.3. The Kier molecular flexibility index (Phi) is 5.98. The molecule has 24 heavy (non-hydrogen) atoms. The van der Waals surface area contributed by atoms with Gasteiger partial charge in [-0.3, -0.25) is 0 Å². The maximum Gasteiger partial charge on any atom is 0.433 e. The largest absolute Gasteiger partial charge is 0.433 e. The second-order valence-corrected chi connectivity index (χ2v) is 6.13. The van der Waals surface area contributed by atoms with Crippen LogP contribution < -0.4 is 15.5 Å². The number of alkyl halides is 3. The van der Waals surface area contributed by atoms with Gasteiger partial charge in [0.2, 0.25) is 5.95 Å². The zero-order chi connectivity index (χ0) is 17.7. The van der Waals surface area contributed by atoms with Crippen LogP contribution in [0.15, 0.2) is 18.7 Å². The van der Waals surface area contributed by atoms with Crippen LogP contribution in [0.4, 0.5) is 24.9 Å². The third-order valence-electron chi connectivity index (χ3n) is 3.74. The molecule has 0 spiro atoms. The Hall–Kier alpha value is -1.90. The van der Waals surface area contributed by atoms with E-state index in [1.165, 1.54) is 0 Å². The summed E-state index contributed by atoms with van der Waals surface area (Å²) < 4.78 is 39.4. The van der Waals surface area contributed by atoms with Gasteiger partial charge in [0, 0.05) is 25.7 Å². The molecule has 1 aromatic heterocycles. The molecule has 0 bridgehead atoms. The average Bonchev–Trinajstić information content (AvgIpc) is 2.52. The average molecular weight is 359 g/mol. The Morgan fingerprint density at radius 1 is 1.42 bits per heavy atom. The summed E-state index contributed by atoms with van der Waals surface area (Å²) in [5.74, 6) is 0.664. The van der Waals surface area contributed by atoms with E-state index in [9.17, 15) is 13.2 Å². The lowest BCUT2D eigenvalue weighted by Crippen LogP contribution is -2.34. The second kappa shape index (κ2) is 7.78. The highest BCUT2D eigenvalue weighted by atomic mass is 32.1. The fourth-order valence-electron chi connectivity index (χ4n) is 2.35. The van der Waals surface area contributed by atoms with E-state index < -0.39 is 11.9 Å². The van der Waals surface area contributed by atoms with Gasteiger partial charge in [-0.25, -0.2) is 4.98 Å². The van der Waals surface area contributed by atoms with Gasteiger partial charge >= 0.3 is 6.18 Å². The molecule has 2 N–H and O–H groups in total. The topological polar surface area (TPSA) is 53.1 Å². The number of anilines is 2. The molecule has 1 saturated heterocycles. The minimum absolute atomic E-state index is 0.146. The van der Waals surface area contributed by atoms with Crippen LogP contribution in [0.3, 0.4) is 0 Å². The van der Waals surface area contributed by atoms with E-state index in [1.54, 1.807) is 6.08 Å². The van der Waals surface area contributed by atoms with Gasteiger partial charge in [0.25, 0.3) is 0 Å². The molecule has 0 saturated carbocycles. The predicted octanol–water partition coefficient (Wildman–Crippen LogP) is 3.20. The number of nitrogens with zero attached hydrogens (tertiary/aromatic N) is 3. The Bertz CT molecular complexity index is 597. The van der Waals surface area contributed by atoms with Gasteiger partial charge in [-0.1, -0.05) is 13.0 Å². The summed E-state index contributed by atoms with van der Waals surface area (Å²) in [6.07, 6.45) is -1.12. The normalized spacial score (nSPS) is 15.9. The lowest BCUT2D eigenvalue weighted by atomic mass is 9.99. The maximum atomic E-state index is 13.1. The van der Waals surface area contributed by atoms with Crippen LogP contribution in [-0.2, 0) is 6.18 Å². The van der Waals surface area contributed by atoms with E-state index in [0.717, 1.165) is 18.9 Å². The van der Waals surface area contributed by atoms with Crippen molar-refractivity contribution in [3.8, 4) is 0 Å². The highest BCUT2D eigenvalue weighted by Gasteiger charge is 2.34. The molecule has 1 aromatic rings.